The average Bonchev–Trinajstić information content (AvgIpc) is 2.35. The molecule has 0 bridgehead atoms. The molecule has 0 radical (unpaired) electrons. The fraction of sp³-hybridized carbons (Fsp3) is 0.438. The minimum Gasteiger partial charge on any atom is -0.359 e. The van der Waals surface area contributed by atoms with E-state index in [2.05, 4.69) is 11.5 Å². The summed E-state index contributed by atoms with van der Waals surface area (Å²) in [5.41, 5.74) is 2.97. The van der Waals surface area contributed by atoms with E-state index < -0.39 is 17.5 Å². The molecule has 1 atom stereocenters. The van der Waals surface area contributed by atoms with Crippen LogP contribution >= 0.6 is 0 Å². The highest BCUT2D eigenvalue weighted by Gasteiger charge is 2.40. The zero-order chi connectivity index (χ0) is 15.7. The molecule has 1 rings (SSSR count). The van der Waals surface area contributed by atoms with Crippen LogP contribution in [0.25, 0.3) is 0 Å². The van der Waals surface area contributed by atoms with Gasteiger partial charge in [0.15, 0.2) is 5.78 Å². The third-order valence-corrected chi connectivity index (χ3v) is 3.53. The molecular weight excluding hydrogens is 256 g/mol. The second kappa shape index (κ2) is 5.87. The van der Waals surface area contributed by atoms with Crippen molar-refractivity contribution in [2.24, 2.45) is 5.92 Å². The van der Waals surface area contributed by atoms with Crippen molar-refractivity contribution in [1.82, 2.24) is 0 Å². The Kier molecular flexibility index (Phi) is 4.86. The first-order valence-electron chi connectivity index (χ1n) is 6.52. The van der Waals surface area contributed by atoms with Gasteiger partial charge in [0.2, 0.25) is 5.79 Å². The molecule has 0 saturated carbocycles. The largest absolute Gasteiger partial charge is 0.359 e. The van der Waals surface area contributed by atoms with Gasteiger partial charge in [-0.25, -0.2) is 5.26 Å². The van der Waals surface area contributed by atoms with Gasteiger partial charge in [0.05, 0.1) is 5.57 Å². The standard InChI is InChI=1S/C16H22O4/c1-9(2)16(18,20-19)13(6)15(17)14-11(4)7-10(3)8-12(14)5/h7-9,18-19H,6H2,1-5H3. The number of ketones is 1. The van der Waals surface area contributed by atoms with E-state index >= 15 is 0 Å². The summed E-state index contributed by atoms with van der Waals surface area (Å²) in [7, 11) is 0. The van der Waals surface area contributed by atoms with Crippen LogP contribution in [0.15, 0.2) is 24.3 Å². The number of carbonyl (C=O) groups excluding carboxylic acids is 1. The van der Waals surface area contributed by atoms with Crippen molar-refractivity contribution in [3.63, 3.8) is 0 Å². The topological polar surface area (TPSA) is 66.8 Å². The third kappa shape index (κ3) is 2.82. The number of aryl methyl sites for hydroxylation is 3. The molecule has 0 aliphatic rings. The Morgan fingerprint density at radius 3 is 2.05 bits per heavy atom. The predicted molar refractivity (Wildman–Crippen MR) is 77.6 cm³/mol. The SMILES string of the molecule is C=C(C(=O)c1c(C)cc(C)cc1C)C(O)(OO)C(C)C. The molecule has 0 amide bonds. The molecule has 0 aliphatic carbocycles. The minimum atomic E-state index is -2.08. The second-order valence-corrected chi connectivity index (χ2v) is 5.52. The van der Waals surface area contributed by atoms with Gasteiger partial charge in [-0.2, -0.15) is 4.89 Å². The van der Waals surface area contributed by atoms with Crippen LogP contribution in [0.4, 0.5) is 0 Å². The van der Waals surface area contributed by atoms with Gasteiger partial charge in [0.25, 0.3) is 0 Å². The van der Waals surface area contributed by atoms with Crippen molar-refractivity contribution in [3.05, 3.63) is 46.5 Å². The maximum atomic E-state index is 12.6. The summed E-state index contributed by atoms with van der Waals surface area (Å²) < 4.78 is 0. The fourth-order valence-electron chi connectivity index (χ4n) is 2.36. The van der Waals surface area contributed by atoms with Crippen LogP contribution < -0.4 is 0 Å². The smallest absolute Gasteiger partial charge is 0.230 e. The maximum absolute atomic E-state index is 12.6. The Labute approximate surface area is 119 Å². The highest BCUT2D eigenvalue weighted by atomic mass is 17.1. The second-order valence-electron chi connectivity index (χ2n) is 5.52. The van der Waals surface area contributed by atoms with E-state index in [0.29, 0.717) is 5.56 Å². The van der Waals surface area contributed by atoms with Gasteiger partial charge in [0, 0.05) is 11.5 Å². The molecule has 1 unspecified atom stereocenters. The molecule has 20 heavy (non-hydrogen) atoms. The van der Waals surface area contributed by atoms with Crippen molar-refractivity contribution in [1.29, 1.82) is 0 Å². The van der Waals surface area contributed by atoms with E-state index in [-0.39, 0.29) is 5.57 Å². The number of hydrogen-bond acceptors (Lipinski definition) is 4. The van der Waals surface area contributed by atoms with Gasteiger partial charge >= 0.3 is 0 Å². The highest BCUT2D eigenvalue weighted by Crippen LogP contribution is 2.30. The quantitative estimate of drug-likeness (QED) is 0.285. The molecule has 0 heterocycles. The lowest BCUT2D eigenvalue weighted by Gasteiger charge is -2.30. The Morgan fingerprint density at radius 1 is 1.25 bits per heavy atom. The number of aliphatic hydroxyl groups is 1. The van der Waals surface area contributed by atoms with Crippen molar-refractivity contribution in [2.75, 3.05) is 0 Å². The Hall–Kier alpha value is -1.49. The van der Waals surface area contributed by atoms with E-state index in [9.17, 15) is 9.90 Å². The van der Waals surface area contributed by atoms with Crippen molar-refractivity contribution < 1.29 is 20.0 Å². The van der Waals surface area contributed by atoms with Gasteiger partial charge in [-0.05, 0) is 31.9 Å². The summed E-state index contributed by atoms with van der Waals surface area (Å²) in [6, 6.07) is 3.78. The monoisotopic (exact) mass is 278 g/mol. The molecular formula is C16H22O4. The third-order valence-electron chi connectivity index (χ3n) is 3.53. The first-order valence-corrected chi connectivity index (χ1v) is 6.52. The van der Waals surface area contributed by atoms with E-state index in [1.54, 1.807) is 13.8 Å². The summed E-state index contributed by atoms with van der Waals surface area (Å²) in [5, 5.41) is 19.2. The summed E-state index contributed by atoms with van der Waals surface area (Å²) in [6.45, 7) is 12.5. The first kappa shape index (κ1) is 16.6. The van der Waals surface area contributed by atoms with Crippen LogP contribution in [0.3, 0.4) is 0 Å². The number of rotatable bonds is 5. The molecule has 110 valence electrons. The van der Waals surface area contributed by atoms with Gasteiger partial charge in [-0.15, -0.1) is 0 Å². The lowest BCUT2D eigenvalue weighted by molar-refractivity contribution is -0.388. The number of Topliss-reactive ketones (excluding diaryl/α,β-unsaturated/α-hetero) is 1. The molecule has 0 aromatic heterocycles. The van der Waals surface area contributed by atoms with Gasteiger partial charge < -0.3 is 5.11 Å². The van der Waals surface area contributed by atoms with Crippen LogP contribution in [0.5, 0.6) is 0 Å². The van der Waals surface area contributed by atoms with E-state index in [0.717, 1.165) is 16.7 Å². The van der Waals surface area contributed by atoms with E-state index in [4.69, 9.17) is 5.26 Å². The Bertz CT molecular complexity index is 522. The van der Waals surface area contributed by atoms with E-state index in [1.807, 2.05) is 32.9 Å². The average molecular weight is 278 g/mol. The minimum absolute atomic E-state index is 0.176. The molecule has 0 fully saturated rings. The summed E-state index contributed by atoms with van der Waals surface area (Å²) >= 11 is 0. The van der Waals surface area contributed by atoms with E-state index in [1.165, 1.54) is 0 Å². The first-order chi connectivity index (χ1) is 9.15. The van der Waals surface area contributed by atoms with Crippen molar-refractivity contribution in [2.45, 2.75) is 40.4 Å². The van der Waals surface area contributed by atoms with Gasteiger partial charge in [-0.1, -0.05) is 38.1 Å². The van der Waals surface area contributed by atoms with Crippen LogP contribution in [0.2, 0.25) is 0 Å². The molecule has 1 aromatic rings. The zero-order valence-corrected chi connectivity index (χ0v) is 12.7. The molecule has 2 N–H and O–H groups in total. The van der Waals surface area contributed by atoms with Crippen molar-refractivity contribution >= 4 is 5.78 Å². The van der Waals surface area contributed by atoms with Crippen LogP contribution in [0, 0.1) is 26.7 Å². The molecule has 0 saturated heterocycles. The predicted octanol–water partition coefficient (Wildman–Crippen LogP) is 3.18. The van der Waals surface area contributed by atoms with Crippen molar-refractivity contribution in [3.8, 4) is 0 Å². The normalized spacial score (nSPS) is 14.2. The summed E-state index contributed by atoms with van der Waals surface area (Å²) in [6.07, 6.45) is 0. The number of hydrogen-bond donors (Lipinski definition) is 2. The lowest BCUT2D eigenvalue weighted by atomic mass is 9.86. The molecule has 4 heteroatoms. The van der Waals surface area contributed by atoms with Gasteiger partial charge in [-0.3, -0.25) is 4.79 Å². The Morgan fingerprint density at radius 2 is 1.70 bits per heavy atom. The highest BCUT2D eigenvalue weighted by molar-refractivity contribution is 6.11. The molecule has 1 aromatic carbocycles. The Balaban J connectivity index is 3.29. The number of benzene rings is 1. The van der Waals surface area contributed by atoms with Crippen LogP contribution in [-0.2, 0) is 4.89 Å². The molecule has 0 aliphatic heterocycles. The maximum Gasteiger partial charge on any atom is 0.230 e. The molecule has 4 nitrogen and oxygen atoms in total. The lowest BCUT2D eigenvalue weighted by Crippen LogP contribution is -2.42. The molecule has 0 spiro atoms. The summed E-state index contributed by atoms with van der Waals surface area (Å²) in [5.74, 6) is -3.03. The summed E-state index contributed by atoms with van der Waals surface area (Å²) in [4.78, 5) is 16.7. The zero-order valence-electron chi connectivity index (χ0n) is 12.7. The van der Waals surface area contributed by atoms with Gasteiger partial charge in [0.1, 0.15) is 0 Å². The number of carbonyl (C=O) groups is 1. The van der Waals surface area contributed by atoms with Crippen LogP contribution in [-0.4, -0.2) is 21.9 Å². The van der Waals surface area contributed by atoms with Crippen LogP contribution in [0.1, 0.15) is 40.9 Å². The fourth-order valence-corrected chi connectivity index (χ4v) is 2.36.